The van der Waals surface area contributed by atoms with E-state index in [1.165, 1.54) is 64.7 Å². The highest BCUT2D eigenvalue weighted by molar-refractivity contribution is 6.36. The van der Waals surface area contributed by atoms with Crippen LogP contribution in [0.25, 0.3) is 0 Å². The quantitative estimate of drug-likeness (QED) is 0.273. The Hall–Kier alpha value is -0.570. The average molecular weight is 505 g/mol. The van der Waals surface area contributed by atoms with Gasteiger partial charge in [-0.3, -0.25) is 9.59 Å². The Morgan fingerprint density at radius 2 is 1.69 bits per heavy atom. The number of ether oxygens (including phenoxy) is 1. The van der Waals surface area contributed by atoms with E-state index in [2.05, 4.69) is 34.6 Å². The summed E-state index contributed by atoms with van der Waals surface area (Å²) in [5, 5.41) is -0.482. The van der Waals surface area contributed by atoms with Gasteiger partial charge >= 0.3 is 5.97 Å². The van der Waals surface area contributed by atoms with Gasteiger partial charge in [-0.05, 0) is 104 Å². The predicted molar refractivity (Wildman–Crippen MR) is 141 cm³/mol. The van der Waals surface area contributed by atoms with E-state index in [4.69, 9.17) is 16.3 Å². The predicted octanol–water partition coefficient (Wildman–Crippen LogP) is 7.83. The number of hydrogen-bond acceptors (Lipinski definition) is 3. The maximum absolute atomic E-state index is 12.9. The molecule has 0 bridgehead atoms. The fourth-order valence-corrected chi connectivity index (χ4v) is 11.2. The maximum Gasteiger partial charge on any atom is 0.303 e. The standard InChI is InChI=1S/C31H49ClO3/c1-18(2)8-7-9-19(3)23-12-13-24-22-11-10-21-16-31(35-20(4)33)26(27(32)28(31)34)17-30(21,6)25(22)14-15-29(23,24)5/h18-19,21-27H,7-17H2,1-6H3/t19-,21+,22-,23+,24-,25-,26+,27-,29+,30-,31-/m0/s1. The van der Waals surface area contributed by atoms with Crippen molar-refractivity contribution in [3.63, 3.8) is 0 Å². The molecule has 5 fully saturated rings. The molecule has 5 aliphatic rings. The van der Waals surface area contributed by atoms with Crippen molar-refractivity contribution in [2.24, 2.45) is 58.2 Å². The van der Waals surface area contributed by atoms with Gasteiger partial charge in [0.1, 0.15) is 5.38 Å². The first-order valence-corrected chi connectivity index (χ1v) is 15.3. The van der Waals surface area contributed by atoms with Crippen LogP contribution in [0.4, 0.5) is 0 Å². The number of alkyl halides is 1. The number of ketones is 1. The van der Waals surface area contributed by atoms with Crippen LogP contribution in [-0.2, 0) is 14.3 Å². The van der Waals surface area contributed by atoms with E-state index >= 15 is 0 Å². The maximum atomic E-state index is 12.9. The Labute approximate surface area is 218 Å². The molecule has 0 aromatic carbocycles. The molecule has 11 atom stereocenters. The third-order valence-electron chi connectivity index (χ3n) is 12.4. The number of Topliss-reactive ketones (excluding diaryl/α,β-unsaturated/α-hetero) is 1. The average Bonchev–Trinajstić information content (AvgIpc) is 3.15. The molecule has 0 heterocycles. The van der Waals surface area contributed by atoms with Gasteiger partial charge in [0.05, 0.1) is 0 Å². The molecule has 0 radical (unpaired) electrons. The number of carbonyl (C=O) groups is 2. The van der Waals surface area contributed by atoms with Crippen molar-refractivity contribution in [2.75, 3.05) is 0 Å². The molecule has 0 aromatic heterocycles. The first-order valence-electron chi connectivity index (χ1n) is 14.8. The largest absolute Gasteiger partial charge is 0.451 e. The second-order valence-electron chi connectivity index (χ2n) is 14.5. The zero-order valence-corrected chi connectivity index (χ0v) is 23.8. The van der Waals surface area contributed by atoms with E-state index in [1.807, 2.05) is 0 Å². The molecule has 0 aromatic rings. The third-order valence-corrected chi connectivity index (χ3v) is 12.9. The molecule has 5 rings (SSSR count). The summed E-state index contributed by atoms with van der Waals surface area (Å²) in [6.07, 6.45) is 13.8. The minimum absolute atomic E-state index is 0.00816. The first kappa shape index (κ1) is 26.1. The molecular formula is C31H49ClO3. The van der Waals surface area contributed by atoms with Gasteiger partial charge in [0, 0.05) is 12.8 Å². The minimum Gasteiger partial charge on any atom is -0.451 e. The van der Waals surface area contributed by atoms with Crippen LogP contribution in [0.5, 0.6) is 0 Å². The number of esters is 1. The molecule has 0 spiro atoms. The zero-order chi connectivity index (χ0) is 25.3. The molecule has 35 heavy (non-hydrogen) atoms. The van der Waals surface area contributed by atoms with Gasteiger partial charge < -0.3 is 4.74 Å². The Bertz CT molecular complexity index is 854. The molecule has 5 saturated carbocycles. The van der Waals surface area contributed by atoms with Crippen molar-refractivity contribution < 1.29 is 14.3 Å². The van der Waals surface area contributed by atoms with Crippen molar-refractivity contribution in [2.45, 2.75) is 123 Å². The van der Waals surface area contributed by atoms with Gasteiger partial charge in [0.15, 0.2) is 11.4 Å². The van der Waals surface area contributed by atoms with Gasteiger partial charge in [0.25, 0.3) is 0 Å². The number of hydrogen-bond donors (Lipinski definition) is 0. The van der Waals surface area contributed by atoms with Crippen molar-refractivity contribution in [3.05, 3.63) is 0 Å². The highest BCUT2D eigenvalue weighted by Crippen LogP contribution is 2.71. The summed E-state index contributed by atoms with van der Waals surface area (Å²) < 4.78 is 5.79. The summed E-state index contributed by atoms with van der Waals surface area (Å²) in [5.74, 6) is 5.01. The van der Waals surface area contributed by atoms with Gasteiger partial charge in [-0.25, -0.2) is 0 Å². The summed E-state index contributed by atoms with van der Waals surface area (Å²) in [5.41, 5.74) is -0.213. The molecule has 0 unspecified atom stereocenters. The van der Waals surface area contributed by atoms with E-state index in [0.29, 0.717) is 17.8 Å². The monoisotopic (exact) mass is 504 g/mol. The van der Waals surface area contributed by atoms with Crippen LogP contribution in [0.1, 0.15) is 112 Å². The van der Waals surface area contributed by atoms with Gasteiger partial charge in [-0.15, -0.1) is 11.6 Å². The fourth-order valence-electron chi connectivity index (χ4n) is 10.7. The summed E-state index contributed by atoms with van der Waals surface area (Å²) in [7, 11) is 0. The van der Waals surface area contributed by atoms with E-state index in [1.54, 1.807) is 0 Å². The summed E-state index contributed by atoms with van der Waals surface area (Å²) in [4.78, 5) is 24.9. The molecule has 0 aliphatic heterocycles. The van der Waals surface area contributed by atoms with Crippen molar-refractivity contribution in [1.82, 2.24) is 0 Å². The zero-order valence-electron chi connectivity index (χ0n) is 23.1. The van der Waals surface area contributed by atoms with E-state index in [0.717, 1.165) is 41.9 Å². The normalized spacial score (nSPS) is 49.4. The smallest absolute Gasteiger partial charge is 0.303 e. The fraction of sp³-hybridized carbons (Fsp3) is 0.935. The van der Waals surface area contributed by atoms with Crippen LogP contribution >= 0.6 is 11.6 Å². The highest BCUT2D eigenvalue weighted by atomic mass is 35.5. The van der Waals surface area contributed by atoms with Crippen LogP contribution in [0, 0.1) is 58.2 Å². The van der Waals surface area contributed by atoms with Gasteiger partial charge in [0.2, 0.25) is 0 Å². The second-order valence-corrected chi connectivity index (χ2v) is 14.9. The van der Waals surface area contributed by atoms with Crippen LogP contribution in [0.2, 0.25) is 0 Å². The van der Waals surface area contributed by atoms with Crippen molar-refractivity contribution >= 4 is 23.4 Å². The van der Waals surface area contributed by atoms with Crippen molar-refractivity contribution in [1.29, 1.82) is 0 Å². The minimum atomic E-state index is -0.928. The summed E-state index contributed by atoms with van der Waals surface area (Å²) in [6, 6.07) is 0. The van der Waals surface area contributed by atoms with Gasteiger partial charge in [-0.2, -0.15) is 0 Å². The lowest BCUT2D eigenvalue weighted by molar-refractivity contribution is -0.219. The Morgan fingerprint density at radius 1 is 0.971 bits per heavy atom. The molecular weight excluding hydrogens is 456 g/mol. The molecule has 5 aliphatic carbocycles. The van der Waals surface area contributed by atoms with Crippen LogP contribution in [-0.4, -0.2) is 22.7 Å². The molecule has 3 nitrogen and oxygen atoms in total. The number of rotatable bonds is 6. The lowest BCUT2D eigenvalue weighted by atomic mass is 9.40. The topological polar surface area (TPSA) is 43.4 Å². The molecule has 4 heteroatoms. The molecule has 0 N–H and O–H groups in total. The lowest BCUT2D eigenvalue weighted by Crippen LogP contribution is -2.72. The number of halogens is 1. The Kier molecular flexibility index (Phi) is 6.71. The van der Waals surface area contributed by atoms with E-state index in [-0.39, 0.29) is 23.1 Å². The molecule has 0 amide bonds. The third kappa shape index (κ3) is 3.87. The van der Waals surface area contributed by atoms with Crippen LogP contribution in [0.15, 0.2) is 0 Å². The summed E-state index contributed by atoms with van der Waals surface area (Å²) in [6.45, 7) is 13.9. The number of fused-ring (bicyclic) bond motifs is 6. The van der Waals surface area contributed by atoms with Gasteiger partial charge in [-0.1, -0.05) is 53.9 Å². The number of carbonyl (C=O) groups excluding carboxylic acids is 2. The van der Waals surface area contributed by atoms with Crippen LogP contribution < -0.4 is 0 Å². The van der Waals surface area contributed by atoms with E-state index in [9.17, 15) is 9.59 Å². The Morgan fingerprint density at radius 3 is 2.37 bits per heavy atom. The van der Waals surface area contributed by atoms with Crippen molar-refractivity contribution in [3.8, 4) is 0 Å². The SMILES string of the molecule is CC(=O)O[C@@]12C[C@H]3CC[C@@H]4[C@H](CC[C@]5(C)[C@@H]([C@@H](C)CCCC(C)C)CC[C@@H]45)[C@@]3(C)C[C@@H]1[C@H](Cl)C2=O. The second kappa shape index (κ2) is 9.02. The highest BCUT2D eigenvalue weighted by Gasteiger charge is 2.72. The Balaban J connectivity index is 1.33. The van der Waals surface area contributed by atoms with Crippen LogP contribution in [0.3, 0.4) is 0 Å². The lowest BCUT2D eigenvalue weighted by Gasteiger charge is -2.66. The molecule has 0 saturated heterocycles. The molecule has 198 valence electrons. The van der Waals surface area contributed by atoms with E-state index < -0.39 is 11.0 Å². The summed E-state index contributed by atoms with van der Waals surface area (Å²) >= 11 is 6.60. The first-order chi connectivity index (χ1) is 16.4.